The molecule has 0 spiro atoms. The monoisotopic (exact) mass is 298 g/mol. The molecular formula is C15H26N2O2S. The molecule has 4 nitrogen and oxygen atoms in total. The van der Waals surface area contributed by atoms with E-state index >= 15 is 0 Å². The van der Waals surface area contributed by atoms with E-state index in [0.717, 1.165) is 25.1 Å². The maximum atomic E-state index is 12.0. The van der Waals surface area contributed by atoms with Crippen molar-refractivity contribution in [3.8, 4) is 0 Å². The highest BCUT2D eigenvalue weighted by Gasteiger charge is 2.12. The Hall–Kier alpha value is -0.910. The average Bonchev–Trinajstić information content (AvgIpc) is 2.43. The maximum Gasteiger partial charge on any atom is 0.215 e. The average molecular weight is 298 g/mol. The van der Waals surface area contributed by atoms with Gasteiger partial charge >= 0.3 is 0 Å². The highest BCUT2D eigenvalue weighted by Crippen LogP contribution is 2.08. The van der Waals surface area contributed by atoms with Gasteiger partial charge < -0.3 is 5.32 Å². The zero-order valence-electron chi connectivity index (χ0n) is 12.6. The van der Waals surface area contributed by atoms with E-state index < -0.39 is 10.0 Å². The van der Waals surface area contributed by atoms with Gasteiger partial charge in [-0.1, -0.05) is 51.5 Å². The Bertz CT molecular complexity index is 483. The van der Waals surface area contributed by atoms with Crippen molar-refractivity contribution >= 4 is 10.0 Å². The second kappa shape index (κ2) is 8.39. The predicted molar refractivity (Wildman–Crippen MR) is 83.9 cm³/mol. The van der Waals surface area contributed by atoms with Crippen LogP contribution in [0.15, 0.2) is 24.3 Å². The van der Waals surface area contributed by atoms with E-state index in [-0.39, 0.29) is 5.75 Å². The van der Waals surface area contributed by atoms with Crippen LogP contribution in [-0.2, 0) is 22.3 Å². The zero-order chi connectivity index (χ0) is 15.0. The molecule has 1 atom stereocenters. The van der Waals surface area contributed by atoms with Crippen molar-refractivity contribution in [3.05, 3.63) is 35.4 Å². The van der Waals surface area contributed by atoms with Gasteiger partial charge in [0, 0.05) is 13.1 Å². The molecule has 0 aliphatic rings. The van der Waals surface area contributed by atoms with Crippen molar-refractivity contribution in [1.29, 1.82) is 0 Å². The van der Waals surface area contributed by atoms with Crippen LogP contribution in [0.3, 0.4) is 0 Å². The first-order valence-electron chi connectivity index (χ1n) is 7.22. The van der Waals surface area contributed by atoms with Crippen molar-refractivity contribution in [1.82, 2.24) is 10.0 Å². The number of nitrogens with one attached hydrogen (secondary N) is 2. The lowest BCUT2D eigenvalue weighted by atomic mass is 10.1. The molecule has 0 amide bonds. The van der Waals surface area contributed by atoms with Crippen LogP contribution in [-0.4, -0.2) is 21.5 Å². The lowest BCUT2D eigenvalue weighted by Gasteiger charge is -2.11. The van der Waals surface area contributed by atoms with Crippen molar-refractivity contribution in [3.63, 3.8) is 0 Å². The molecule has 0 bridgehead atoms. The third-order valence-electron chi connectivity index (χ3n) is 3.31. The molecule has 1 aromatic carbocycles. The maximum absolute atomic E-state index is 12.0. The fourth-order valence-corrected chi connectivity index (χ4v) is 2.98. The molecule has 1 unspecified atom stereocenters. The highest BCUT2D eigenvalue weighted by atomic mass is 32.2. The quantitative estimate of drug-likeness (QED) is 0.735. The lowest BCUT2D eigenvalue weighted by molar-refractivity contribution is 0.528. The molecule has 114 valence electrons. The minimum atomic E-state index is -3.24. The molecule has 0 fully saturated rings. The third kappa shape index (κ3) is 6.50. The van der Waals surface area contributed by atoms with Gasteiger partial charge in [-0.25, -0.2) is 13.1 Å². The summed E-state index contributed by atoms with van der Waals surface area (Å²) < 4.78 is 26.6. The summed E-state index contributed by atoms with van der Waals surface area (Å²) >= 11 is 0. The van der Waals surface area contributed by atoms with Gasteiger partial charge in [0.2, 0.25) is 10.0 Å². The lowest BCUT2D eigenvalue weighted by Crippen LogP contribution is -2.29. The fraction of sp³-hybridized carbons (Fsp3) is 0.600. The molecule has 0 saturated heterocycles. The Balaban J connectivity index is 2.54. The van der Waals surface area contributed by atoms with Crippen LogP contribution in [0.2, 0.25) is 0 Å². The van der Waals surface area contributed by atoms with Crippen LogP contribution < -0.4 is 10.0 Å². The molecule has 0 heterocycles. The van der Waals surface area contributed by atoms with Gasteiger partial charge in [0.05, 0.1) is 5.75 Å². The smallest absolute Gasteiger partial charge is 0.215 e. The molecule has 0 aliphatic carbocycles. The molecule has 0 aliphatic heterocycles. The second-order valence-electron chi connectivity index (χ2n) is 5.22. The van der Waals surface area contributed by atoms with Gasteiger partial charge in [-0.2, -0.15) is 0 Å². The van der Waals surface area contributed by atoms with E-state index in [4.69, 9.17) is 0 Å². The molecule has 2 N–H and O–H groups in total. The second-order valence-corrected chi connectivity index (χ2v) is 7.02. The molecule has 20 heavy (non-hydrogen) atoms. The summed E-state index contributed by atoms with van der Waals surface area (Å²) in [7, 11) is -3.24. The number of benzene rings is 1. The number of hydrogen-bond acceptors (Lipinski definition) is 3. The van der Waals surface area contributed by atoms with E-state index in [9.17, 15) is 8.42 Å². The third-order valence-corrected chi connectivity index (χ3v) is 4.63. The first kappa shape index (κ1) is 17.1. The van der Waals surface area contributed by atoms with E-state index in [1.165, 1.54) is 5.56 Å². The van der Waals surface area contributed by atoms with Crippen molar-refractivity contribution in [2.75, 3.05) is 13.1 Å². The highest BCUT2D eigenvalue weighted by molar-refractivity contribution is 7.88. The summed E-state index contributed by atoms with van der Waals surface area (Å²) in [6.07, 6.45) is 0.974. The summed E-state index contributed by atoms with van der Waals surface area (Å²) in [6.45, 7) is 8.41. The van der Waals surface area contributed by atoms with Crippen LogP contribution >= 0.6 is 0 Å². The number of rotatable bonds is 9. The topological polar surface area (TPSA) is 58.2 Å². The normalized spacial score (nSPS) is 13.3. The van der Waals surface area contributed by atoms with Crippen LogP contribution in [0.1, 0.15) is 38.3 Å². The van der Waals surface area contributed by atoms with Gasteiger partial charge in [0.15, 0.2) is 0 Å². The van der Waals surface area contributed by atoms with Crippen LogP contribution in [0.5, 0.6) is 0 Å². The summed E-state index contributed by atoms with van der Waals surface area (Å²) in [6, 6.07) is 7.72. The SMILES string of the molecule is CCNCc1ccc(CS(=O)(=O)NCC(C)CC)cc1. The molecule has 1 aromatic rings. The fourth-order valence-electron chi connectivity index (χ4n) is 1.71. The van der Waals surface area contributed by atoms with E-state index in [1.807, 2.05) is 31.2 Å². The molecule has 1 rings (SSSR count). The Kier molecular flexibility index (Phi) is 7.19. The molecule has 5 heteroatoms. The standard InChI is InChI=1S/C15H26N2O2S/c1-4-13(3)10-17-20(18,19)12-15-8-6-14(7-9-15)11-16-5-2/h6-9,13,16-17H,4-5,10-12H2,1-3H3. The summed E-state index contributed by atoms with van der Waals surface area (Å²) in [4.78, 5) is 0. The van der Waals surface area contributed by atoms with Crippen molar-refractivity contribution in [2.24, 2.45) is 5.92 Å². The largest absolute Gasteiger partial charge is 0.313 e. The summed E-state index contributed by atoms with van der Waals surface area (Å²) in [5, 5.41) is 3.24. The molecule has 0 saturated carbocycles. The molecular weight excluding hydrogens is 272 g/mol. The summed E-state index contributed by atoms with van der Waals surface area (Å²) in [5.41, 5.74) is 1.99. The Labute approximate surface area is 123 Å². The van der Waals surface area contributed by atoms with Crippen LogP contribution in [0.4, 0.5) is 0 Å². The molecule has 0 radical (unpaired) electrons. The van der Waals surface area contributed by atoms with E-state index in [0.29, 0.717) is 12.5 Å². The first-order chi connectivity index (χ1) is 9.46. The Morgan fingerprint density at radius 3 is 2.25 bits per heavy atom. The number of hydrogen-bond donors (Lipinski definition) is 2. The van der Waals surface area contributed by atoms with E-state index in [2.05, 4.69) is 23.9 Å². The van der Waals surface area contributed by atoms with Crippen LogP contribution in [0.25, 0.3) is 0 Å². The van der Waals surface area contributed by atoms with Gasteiger partial charge in [-0.05, 0) is 23.6 Å². The Morgan fingerprint density at radius 2 is 1.70 bits per heavy atom. The van der Waals surface area contributed by atoms with Crippen molar-refractivity contribution in [2.45, 2.75) is 39.5 Å². The first-order valence-corrected chi connectivity index (χ1v) is 8.88. The molecule has 0 aromatic heterocycles. The minimum absolute atomic E-state index is 0.0465. The van der Waals surface area contributed by atoms with Gasteiger partial charge in [0.1, 0.15) is 0 Å². The van der Waals surface area contributed by atoms with E-state index in [1.54, 1.807) is 0 Å². The summed E-state index contributed by atoms with van der Waals surface area (Å²) in [5.74, 6) is 0.414. The van der Waals surface area contributed by atoms with Gasteiger partial charge in [0.25, 0.3) is 0 Å². The minimum Gasteiger partial charge on any atom is -0.313 e. The number of sulfonamides is 1. The van der Waals surface area contributed by atoms with Gasteiger partial charge in [-0.15, -0.1) is 0 Å². The Morgan fingerprint density at radius 1 is 1.10 bits per heavy atom. The van der Waals surface area contributed by atoms with Crippen molar-refractivity contribution < 1.29 is 8.42 Å². The zero-order valence-corrected chi connectivity index (χ0v) is 13.5. The van der Waals surface area contributed by atoms with Gasteiger partial charge in [-0.3, -0.25) is 0 Å². The van der Waals surface area contributed by atoms with Crippen LogP contribution in [0, 0.1) is 5.92 Å². The predicted octanol–water partition coefficient (Wildman–Crippen LogP) is 2.26.